The summed E-state index contributed by atoms with van der Waals surface area (Å²) in [7, 11) is 0. The second-order valence-electron chi connectivity index (χ2n) is 8.70. The Morgan fingerprint density at radius 3 is 2.53 bits per heavy atom. The Bertz CT molecular complexity index is 1240. The average molecular weight is 454 g/mol. The number of carbonyl (C=O) groups excluding carboxylic acids is 1. The van der Waals surface area contributed by atoms with Gasteiger partial charge in [0.25, 0.3) is 0 Å². The number of hydrogen-bond acceptors (Lipinski definition) is 3. The van der Waals surface area contributed by atoms with Gasteiger partial charge < -0.3 is 5.32 Å². The van der Waals surface area contributed by atoms with Crippen molar-refractivity contribution in [1.29, 1.82) is 5.26 Å². The Hall–Kier alpha value is -3.78. The number of halogens is 1. The highest BCUT2D eigenvalue weighted by Gasteiger charge is 2.38. The predicted molar refractivity (Wildman–Crippen MR) is 133 cm³/mol. The van der Waals surface area contributed by atoms with Gasteiger partial charge in [0, 0.05) is 11.6 Å². The molecule has 1 aliphatic rings. The summed E-state index contributed by atoms with van der Waals surface area (Å²) in [4.78, 5) is 18.1. The normalized spacial score (nSPS) is 18.5. The topological polar surface area (TPSA) is 65.2 Å². The molecule has 1 N–H and O–H groups in total. The van der Waals surface area contributed by atoms with Crippen LogP contribution in [0.4, 0.5) is 4.39 Å². The quantitative estimate of drug-likeness (QED) is 0.462. The number of carbonyl (C=O) groups is 1. The van der Waals surface area contributed by atoms with E-state index in [2.05, 4.69) is 18.3 Å². The summed E-state index contributed by atoms with van der Waals surface area (Å²) >= 11 is 0. The van der Waals surface area contributed by atoms with Crippen LogP contribution in [-0.4, -0.2) is 17.8 Å². The van der Waals surface area contributed by atoms with Crippen LogP contribution in [0, 0.1) is 23.1 Å². The monoisotopic (exact) mass is 453 g/mol. The lowest BCUT2D eigenvalue weighted by atomic mass is 9.75. The second-order valence-corrected chi connectivity index (χ2v) is 8.70. The van der Waals surface area contributed by atoms with E-state index in [4.69, 9.17) is 4.99 Å². The van der Waals surface area contributed by atoms with Gasteiger partial charge in [-0.15, -0.1) is 0 Å². The molecule has 2 unspecified atom stereocenters. The number of unbranched alkanes of at least 4 members (excludes halogenated alkanes) is 1. The summed E-state index contributed by atoms with van der Waals surface area (Å²) < 4.78 is 14.3. The molecule has 4 rings (SSSR count). The lowest BCUT2D eigenvalue weighted by molar-refractivity contribution is -0.124. The third-order valence-corrected chi connectivity index (χ3v) is 6.31. The molecule has 0 spiro atoms. The van der Waals surface area contributed by atoms with Crippen molar-refractivity contribution in [3.63, 3.8) is 0 Å². The van der Waals surface area contributed by atoms with E-state index in [0.717, 1.165) is 47.2 Å². The zero-order valence-corrected chi connectivity index (χ0v) is 19.5. The molecule has 34 heavy (non-hydrogen) atoms. The van der Waals surface area contributed by atoms with Crippen LogP contribution in [0.1, 0.15) is 55.7 Å². The number of hydrogen-bond donors (Lipinski definition) is 1. The number of nitriles is 1. The van der Waals surface area contributed by atoms with E-state index in [-0.39, 0.29) is 23.8 Å². The van der Waals surface area contributed by atoms with E-state index in [0.29, 0.717) is 5.56 Å². The number of aliphatic imine (C=N–C) groups is 1. The fourth-order valence-corrected chi connectivity index (χ4v) is 4.71. The van der Waals surface area contributed by atoms with Crippen LogP contribution in [0.3, 0.4) is 0 Å². The maximum Gasteiger partial charge on any atom is 0.231 e. The zero-order chi connectivity index (χ0) is 24.1. The maximum atomic E-state index is 14.3. The van der Waals surface area contributed by atoms with Crippen molar-refractivity contribution in [3.05, 3.63) is 95.3 Å². The molecule has 0 bridgehead atoms. The smallest absolute Gasteiger partial charge is 0.231 e. The van der Waals surface area contributed by atoms with Crippen LogP contribution < -0.4 is 5.32 Å². The Morgan fingerprint density at radius 2 is 1.82 bits per heavy atom. The van der Waals surface area contributed by atoms with Crippen molar-refractivity contribution < 1.29 is 9.18 Å². The minimum atomic E-state index is -0.512. The molecule has 3 aromatic rings. The lowest BCUT2D eigenvalue weighted by Crippen LogP contribution is -2.47. The minimum absolute atomic E-state index is 0.0817. The fourth-order valence-electron chi connectivity index (χ4n) is 4.71. The van der Waals surface area contributed by atoms with Crippen LogP contribution in [0.2, 0.25) is 0 Å². The van der Waals surface area contributed by atoms with Crippen molar-refractivity contribution in [3.8, 4) is 17.2 Å². The first kappa shape index (κ1) is 23.4. The van der Waals surface area contributed by atoms with Gasteiger partial charge >= 0.3 is 0 Å². The van der Waals surface area contributed by atoms with E-state index in [1.54, 1.807) is 12.1 Å². The van der Waals surface area contributed by atoms with Crippen LogP contribution in [-0.2, 0) is 4.79 Å². The molecule has 3 atom stereocenters. The SMILES string of the molecule is CCCCC1=NC(C)NC(=O)C1[C@@H](c1ccc(-c2ccccc2C#N)cc1)c1cccc(F)c1. The van der Waals surface area contributed by atoms with E-state index < -0.39 is 5.92 Å². The standard InChI is InChI=1S/C29H28FN3O/c1-3-4-12-26-28(29(34)33-19(2)32-26)27(22-9-7-10-24(30)17-22)21-15-13-20(14-16-21)25-11-6-5-8-23(25)18-31/h5-11,13-17,19,27-28H,3-4,12H2,1-2H3,(H,33,34)/t19?,27-,28?/m0/s1. The molecule has 4 nitrogen and oxygen atoms in total. The highest BCUT2D eigenvalue weighted by molar-refractivity contribution is 6.07. The van der Waals surface area contributed by atoms with Crippen molar-refractivity contribution >= 4 is 11.6 Å². The summed E-state index contributed by atoms with van der Waals surface area (Å²) in [5.41, 5.74) is 4.89. The van der Waals surface area contributed by atoms with Gasteiger partial charge in [-0.25, -0.2) is 4.39 Å². The summed E-state index contributed by atoms with van der Waals surface area (Å²) in [5.74, 6) is -1.30. The van der Waals surface area contributed by atoms with E-state index >= 15 is 0 Å². The van der Waals surface area contributed by atoms with Crippen molar-refractivity contribution in [2.75, 3.05) is 0 Å². The maximum absolute atomic E-state index is 14.3. The fraction of sp³-hybridized carbons (Fsp3) is 0.276. The number of rotatable bonds is 7. The van der Waals surface area contributed by atoms with E-state index in [1.165, 1.54) is 12.1 Å². The molecular formula is C29H28FN3O. The Kier molecular flexibility index (Phi) is 7.18. The molecular weight excluding hydrogens is 425 g/mol. The van der Waals surface area contributed by atoms with Gasteiger partial charge in [-0.1, -0.05) is 67.9 Å². The second kappa shape index (κ2) is 10.4. The van der Waals surface area contributed by atoms with Gasteiger partial charge in [0.2, 0.25) is 5.91 Å². The lowest BCUT2D eigenvalue weighted by Gasteiger charge is -2.33. The average Bonchev–Trinajstić information content (AvgIpc) is 2.84. The molecule has 0 radical (unpaired) electrons. The molecule has 1 aliphatic heterocycles. The van der Waals surface area contributed by atoms with Crippen molar-refractivity contribution in [2.24, 2.45) is 10.9 Å². The molecule has 0 aliphatic carbocycles. The molecule has 0 saturated carbocycles. The number of nitrogens with one attached hydrogen (secondary N) is 1. The van der Waals surface area contributed by atoms with Crippen molar-refractivity contribution in [1.82, 2.24) is 5.32 Å². The van der Waals surface area contributed by atoms with Gasteiger partial charge in [0.15, 0.2) is 0 Å². The van der Waals surface area contributed by atoms with Gasteiger partial charge in [-0.3, -0.25) is 9.79 Å². The Morgan fingerprint density at radius 1 is 1.06 bits per heavy atom. The first-order valence-corrected chi connectivity index (χ1v) is 11.7. The molecule has 3 aromatic carbocycles. The van der Waals surface area contributed by atoms with Gasteiger partial charge in [-0.2, -0.15) is 5.26 Å². The first-order valence-electron chi connectivity index (χ1n) is 11.7. The van der Waals surface area contributed by atoms with Gasteiger partial charge in [-0.05, 0) is 60.2 Å². The van der Waals surface area contributed by atoms with Gasteiger partial charge in [0.05, 0.1) is 17.6 Å². The third kappa shape index (κ3) is 4.92. The minimum Gasteiger partial charge on any atom is -0.334 e. The first-order chi connectivity index (χ1) is 16.5. The number of amides is 1. The van der Waals surface area contributed by atoms with Crippen LogP contribution in [0.15, 0.2) is 77.8 Å². The summed E-state index contributed by atoms with van der Waals surface area (Å²) in [6, 6.07) is 24.0. The molecule has 0 fully saturated rings. The molecule has 0 saturated heterocycles. The van der Waals surface area contributed by atoms with Crippen LogP contribution in [0.5, 0.6) is 0 Å². The summed E-state index contributed by atoms with van der Waals surface area (Å²) in [6.07, 6.45) is 2.40. The predicted octanol–water partition coefficient (Wildman–Crippen LogP) is 6.22. The van der Waals surface area contributed by atoms with E-state index in [9.17, 15) is 14.4 Å². The molecule has 0 aromatic heterocycles. The molecule has 1 heterocycles. The highest BCUT2D eigenvalue weighted by Crippen LogP contribution is 2.37. The highest BCUT2D eigenvalue weighted by atomic mass is 19.1. The molecule has 5 heteroatoms. The number of benzene rings is 3. The summed E-state index contributed by atoms with van der Waals surface area (Å²) in [5, 5.41) is 12.4. The van der Waals surface area contributed by atoms with Crippen LogP contribution in [0.25, 0.3) is 11.1 Å². The molecule has 172 valence electrons. The van der Waals surface area contributed by atoms with Crippen LogP contribution >= 0.6 is 0 Å². The Balaban J connectivity index is 1.80. The Labute approximate surface area is 200 Å². The van der Waals surface area contributed by atoms with E-state index in [1.807, 2.05) is 55.5 Å². The zero-order valence-electron chi connectivity index (χ0n) is 19.5. The van der Waals surface area contributed by atoms with Crippen molar-refractivity contribution in [2.45, 2.75) is 45.2 Å². The van der Waals surface area contributed by atoms with Gasteiger partial charge in [0.1, 0.15) is 12.0 Å². The third-order valence-electron chi connectivity index (χ3n) is 6.31. The molecule has 1 amide bonds. The largest absolute Gasteiger partial charge is 0.334 e. The summed E-state index contributed by atoms with van der Waals surface area (Å²) in [6.45, 7) is 3.99. The number of nitrogens with zero attached hydrogens (tertiary/aromatic N) is 2.